The minimum Gasteiger partial charge on any atom is -0.371 e. The van der Waals surface area contributed by atoms with Gasteiger partial charge in [0.15, 0.2) is 0 Å². The Morgan fingerprint density at radius 1 is 1.05 bits per heavy atom. The van der Waals surface area contributed by atoms with Crippen LogP contribution in [0.25, 0.3) is 0 Å². The molecule has 0 bridgehead atoms. The summed E-state index contributed by atoms with van der Waals surface area (Å²) in [5.41, 5.74) is 2.72. The topological polar surface area (TPSA) is 32.3 Å². The molecule has 2 aromatic carbocycles. The van der Waals surface area contributed by atoms with Crippen molar-refractivity contribution >= 4 is 39.9 Å². The molecule has 3 rings (SSSR count). The van der Waals surface area contributed by atoms with Gasteiger partial charge in [0.2, 0.25) is 0 Å². The summed E-state index contributed by atoms with van der Waals surface area (Å²) in [6, 6.07) is 15.7. The van der Waals surface area contributed by atoms with Crippen molar-refractivity contribution < 1.29 is 4.79 Å². The third kappa shape index (κ3) is 3.56. The fraction of sp³-hybridized carbons (Fsp3) is 0.235. The van der Waals surface area contributed by atoms with Crippen LogP contribution in [-0.4, -0.2) is 19.0 Å². The van der Waals surface area contributed by atoms with E-state index in [0.29, 0.717) is 5.56 Å². The third-order valence-electron chi connectivity index (χ3n) is 3.68. The molecular weight excluding hydrogens is 375 g/mol. The van der Waals surface area contributed by atoms with Crippen molar-refractivity contribution in [2.75, 3.05) is 23.3 Å². The average molecular weight is 392 g/mol. The van der Waals surface area contributed by atoms with Crippen molar-refractivity contribution in [1.82, 2.24) is 0 Å². The lowest BCUT2D eigenvalue weighted by atomic mass is 10.2. The molecule has 0 aromatic heterocycles. The Balaban J connectivity index is 1.73. The normalized spacial score (nSPS) is 14.2. The summed E-state index contributed by atoms with van der Waals surface area (Å²) in [5, 5.41) is 2.97. The lowest BCUT2D eigenvalue weighted by Crippen LogP contribution is -2.18. The molecule has 0 aliphatic carbocycles. The van der Waals surface area contributed by atoms with E-state index < -0.39 is 0 Å². The Morgan fingerprint density at radius 3 is 2.48 bits per heavy atom. The summed E-state index contributed by atoms with van der Waals surface area (Å²) >= 11 is 2.23. The minimum absolute atomic E-state index is 0.0648. The van der Waals surface area contributed by atoms with Crippen LogP contribution in [0.5, 0.6) is 0 Å². The number of hydrogen-bond donors (Lipinski definition) is 1. The van der Waals surface area contributed by atoms with E-state index in [1.165, 1.54) is 18.5 Å². The zero-order valence-corrected chi connectivity index (χ0v) is 13.8. The van der Waals surface area contributed by atoms with Crippen molar-refractivity contribution in [2.24, 2.45) is 0 Å². The molecule has 1 N–H and O–H groups in total. The van der Waals surface area contributed by atoms with Crippen LogP contribution in [0, 0.1) is 3.57 Å². The van der Waals surface area contributed by atoms with Crippen molar-refractivity contribution in [3.05, 3.63) is 57.7 Å². The molecule has 0 unspecified atom stereocenters. The fourth-order valence-corrected chi connectivity index (χ4v) is 2.92. The van der Waals surface area contributed by atoms with Gasteiger partial charge in [-0.3, -0.25) is 4.79 Å². The molecule has 0 saturated carbocycles. The zero-order chi connectivity index (χ0) is 14.7. The molecule has 1 saturated heterocycles. The minimum atomic E-state index is -0.0648. The van der Waals surface area contributed by atoms with Gasteiger partial charge in [0.25, 0.3) is 5.91 Å². The Kier molecular flexibility index (Phi) is 4.43. The fourth-order valence-electron chi connectivity index (χ4n) is 2.56. The van der Waals surface area contributed by atoms with Crippen LogP contribution >= 0.6 is 22.6 Å². The van der Waals surface area contributed by atoms with Crippen molar-refractivity contribution in [3.8, 4) is 0 Å². The Morgan fingerprint density at radius 2 is 1.76 bits per heavy atom. The first-order valence-electron chi connectivity index (χ1n) is 7.14. The van der Waals surface area contributed by atoms with Gasteiger partial charge in [0, 0.05) is 33.6 Å². The second-order valence-electron chi connectivity index (χ2n) is 5.21. The summed E-state index contributed by atoms with van der Waals surface area (Å²) < 4.78 is 1.13. The number of amides is 1. The van der Waals surface area contributed by atoms with Crippen LogP contribution in [-0.2, 0) is 0 Å². The monoisotopic (exact) mass is 392 g/mol. The van der Waals surface area contributed by atoms with E-state index >= 15 is 0 Å². The first-order valence-corrected chi connectivity index (χ1v) is 8.22. The SMILES string of the molecule is O=C(Nc1cccc(N2CCCC2)c1)c1ccc(I)cc1. The molecule has 1 amide bonds. The molecule has 0 radical (unpaired) electrons. The highest BCUT2D eigenvalue weighted by atomic mass is 127. The van der Waals surface area contributed by atoms with Crippen molar-refractivity contribution in [1.29, 1.82) is 0 Å². The molecule has 1 fully saturated rings. The van der Waals surface area contributed by atoms with Gasteiger partial charge in [-0.05, 0) is 77.9 Å². The Bertz CT molecular complexity index is 633. The molecule has 3 nitrogen and oxygen atoms in total. The number of carbonyl (C=O) groups excluding carboxylic acids is 1. The summed E-state index contributed by atoms with van der Waals surface area (Å²) in [7, 11) is 0. The number of anilines is 2. The second-order valence-corrected chi connectivity index (χ2v) is 6.45. The Hall–Kier alpha value is -1.56. The highest BCUT2D eigenvalue weighted by Crippen LogP contribution is 2.23. The van der Waals surface area contributed by atoms with Crippen LogP contribution in [0.1, 0.15) is 23.2 Å². The number of halogens is 1. The van der Waals surface area contributed by atoms with Crippen LogP contribution in [0.15, 0.2) is 48.5 Å². The predicted octanol–water partition coefficient (Wildman–Crippen LogP) is 4.14. The highest BCUT2D eigenvalue weighted by Gasteiger charge is 2.13. The first-order chi connectivity index (χ1) is 10.2. The summed E-state index contributed by atoms with van der Waals surface area (Å²) in [4.78, 5) is 14.6. The molecule has 2 aromatic rings. The second kappa shape index (κ2) is 6.47. The van der Waals surface area contributed by atoms with Crippen molar-refractivity contribution in [3.63, 3.8) is 0 Å². The maximum Gasteiger partial charge on any atom is 0.255 e. The molecule has 0 spiro atoms. The van der Waals surface area contributed by atoms with E-state index in [0.717, 1.165) is 22.3 Å². The zero-order valence-electron chi connectivity index (χ0n) is 11.7. The predicted molar refractivity (Wildman–Crippen MR) is 95.0 cm³/mol. The van der Waals surface area contributed by atoms with E-state index in [2.05, 4.69) is 44.9 Å². The van der Waals surface area contributed by atoms with Crippen molar-refractivity contribution in [2.45, 2.75) is 12.8 Å². The van der Waals surface area contributed by atoms with E-state index in [-0.39, 0.29) is 5.91 Å². The number of nitrogens with zero attached hydrogens (tertiary/aromatic N) is 1. The number of benzene rings is 2. The Labute approximate surface area is 138 Å². The van der Waals surface area contributed by atoms with E-state index in [1.54, 1.807) is 0 Å². The van der Waals surface area contributed by atoms with Crippen LogP contribution in [0.4, 0.5) is 11.4 Å². The van der Waals surface area contributed by atoms with Gasteiger partial charge < -0.3 is 10.2 Å². The molecule has 1 aliphatic heterocycles. The van der Waals surface area contributed by atoms with Gasteiger partial charge in [-0.1, -0.05) is 6.07 Å². The number of rotatable bonds is 3. The highest BCUT2D eigenvalue weighted by molar-refractivity contribution is 14.1. The third-order valence-corrected chi connectivity index (χ3v) is 4.40. The smallest absolute Gasteiger partial charge is 0.255 e. The molecule has 108 valence electrons. The van der Waals surface area contributed by atoms with Crippen LogP contribution in [0.3, 0.4) is 0 Å². The number of nitrogens with one attached hydrogen (secondary N) is 1. The van der Waals surface area contributed by atoms with Gasteiger partial charge in [0.1, 0.15) is 0 Å². The van der Waals surface area contributed by atoms with Crippen LogP contribution < -0.4 is 10.2 Å². The maximum atomic E-state index is 12.2. The summed E-state index contributed by atoms with van der Waals surface area (Å²) in [6.07, 6.45) is 2.50. The molecular formula is C17H17IN2O. The maximum absolute atomic E-state index is 12.2. The van der Waals surface area contributed by atoms with Gasteiger partial charge in [0.05, 0.1) is 0 Å². The molecule has 21 heavy (non-hydrogen) atoms. The van der Waals surface area contributed by atoms with E-state index in [9.17, 15) is 4.79 Å². The first kappa shape index (κ1) is 14.4. The summed E-state index contributed by atoms with van der Waals surface area (Å²) in [6.45, 7) is 2.21. The molecule has 1 aliphatic rings. The lowest BCUT2D eigenvalue weighted by Gasteiger charge is -2.18. The van der Waals surface area contributed by atoms with Gasteiger partial charge in [-0.25, -0.2) is 0 Å². The van der Waals surface area contributed by atoms with Gasteiger partial charge >= 0.3 is 0 Å². The van der Waals surface area contributed by atoms with Gasteiger partial charge in [-0.15, -0.1) is 0 Å². The van der Waals surface area contributed by atoms with E-state index in [4.69, 9.17) is 0 Å². The molecule has 0 atom stereocenters. The standard InChI is InChI=1S/C17H17IN2O/c18-14-8-6-13(7-9-14)17(21)19-15-4-3-5-16(12-15)20-10-1-2-11-20/h3-9,12H,1-2,10-11H2,(H,19,21). The largest absolute Gasteiger partial charge is 0.371 e. The average Bonchev–Trinajstić information content (AvgIpc) is 3.02. The lowest BCUT2D eigenvalue weighted by molar-refractivity contribution is 0.102. The molecule has 1 heterocycles. The van der Waals surface area contributed by atoms with Crippen LogP contribution in [0.2, 0.25) is 0 Å². The van der Waals surface area contributed by atoms with E-state index in [1.807, 2.05) is 36.4 Å². The summed E-state index contributed by atoms with van der Waals surface area (Å²) in [5.74, 6) is -0.0648. The molecule has 4 heteroatoms. The number of carbonyl (C=O) groups is 1. The van der Waals surface area contributed by atoms with Gasteiger partial charge in [-0.2, -0.15) is 0 Å². The number of hydrogen-bond acceptors (Lipinski definition) is 2. The quantitative estimate of drug-likeness (QED) is 0.797.